The highest BCUT2D eigenvalue weighted by molar-refractivity contribution is 7.90. The van der Waals surface area contributed by atoms with E-state index in [9.17, 15) is 13.2 Å². The third kappa shape index (κ3) is 7.56. The van der Waals surface area contributed by atoms with Crippen molar-refractivity contribution in [1.82, 2.24) is 19.4 Å². The maximum absolute atomic E-state index is 13.7. The summed E-state index contributed by atoms with van der Waals surface area (Å²) in [5.74, 6) is 0.00176. The topological polar surface area (TPSA) is 84.7 Å². The second kappa shape index (κ2) is 12.9. The molecule has 8 nitrogen and oxygen atoms in total. The Morgan fingerprint density at radius 3 is 2.41 bits per heavy atom. The average molecular weight is 553 g/mol. The molecule has 0 spiro atoms. The van der Waals surface area contributed by atoms with E-state index in [0.717, 1.165) is 42.0 Å². The van der Waals surface area contributed by atoms with Gasteiger partial charge in [-0.2, -0.15) is 0 Å². The average Bonchev–Trinajstić information content (AvgIpc) is 3.30. The van der Waals surface area contributed by atoms with Gasteiger partial charge in [0.25, 0.3) is 5.91 Å². The third-order valence-electron chi connectivity index (χ3n) is 7.06. The van der Waals surface area contributed by atoms with E-state index in [2.05, 4.69) is 23.7 Å². The van der Waals surface area contributed by atoms with E-state index in [-0.39, 0.29) is 29.3 Å². The van der Waals surface area contributed by atoms with Gasteiger partial charge in [-0.05, 0) is 43.0 Å². The molecule has 1 aliphatic rings. The molecule has 4 rings (SSSR count). The van der Waals surface area contributed by atoms with Crippen molar-refractivity contribution in [2.45, 2.75) is 51.7 Å². The van der Waals surface area contributed by atoms with E-state index in [1.807, 2.05) is 67.3 Å². The number of hydrogen-bond acceptors (Lipinski definition) is 6. The number of carbonyl (C=O) groups is 1. The van der Waals surface area contributed by atoms with Crippen LogP contribution < -0.4 is 0 Å². The summed E-state index contributed by atoms with van der Waals surface area (Å²) in [4.78, 5) is 22.2. The Morgan fingerprint density at radius 1 is 1.05 bits per heavy atom. The fourth-order valence-electron chi connectivity index (χ4n) is 4.78. The van der Waals surface area contributed by atoms with Crippen LogP contribution in [-0.4, -0.2) is 73.1 Å². The molecule has 2 aromatic carbocycles. The molecular weight excluding hydrogens is 512 g/mol. The number of sulfone groups is 1. The number of amides is 1. The van der Waals surface area contributed by atoms with Gasteiger partial charge in [-0.1, -0.05) is 55.8 Å². The Hall–Kier alpha value is -3.01. The van der Waals surface area contributed by atoms with E-state index in [0.29, 0.717) is 31.9 Å². The lowest BCUT2D eigenvalue weighted by Crippen LogP contribution is -2.43. The number of rotatable bonds is 11. The van der Waals surface area contributed by atoms with E-state index in [1.165, 1.54) is 0 Å². The van der Waals surface area contributed by atoms with E-state index >= 15 is 0 Å². The molecule has 2 heterocycles. The van der Waals surface area contributed by atoms with E-state index < -0.39 is 9.84 Å². The van der Waals surface area contributed by atoms with Crippen LogP contribution in [0.25, 0.3) is 0 Å². The molecule has 3 aromatic rings. The molecule has 0 atom stereocenters. The van der Waals surface area contributed by atoms with Gasteiger partial charge in [0, 0.05) is 38.3 Å². The molecule has 1 aliphatic heterocycles. The Labute approximate surface area is 232 Å². The highest BCUT2D eigenvalue weighted by Crippen LogP contribution is 2.22. The number of aryl methyl sites for hydroxylation is 2. The molecule has 1 aromatic heterocycles. The summed E-state index contributed by atoms with van der Waals surface area (Å²) >= 11 is 0. The molecule has 9 heteroatoms. The predicted molar refractivity (Wildman–Crippen MR) is 152 cm³/mol. The Bertz CT molecular complexity index is 1360. The minimum atomic E-state index is -3.71. The van der Waals surface area contributed by atoms with Crippen molar-refractivity contribution in [3.05, 3.63) is 82.7 Å². The second-order valence-corrected chi connectivity index (χ2v) is 12.7. The molecule has 39 heavy (non-hydrogen) atoms. The fourth-order valence-corrected chi connectivity index (χ4v) is 6.39. The third-order valence-corrected chi connectivity index (χ3v) is 8.64. The van der Waals surface area contributed by atoms with Crippen LogP contribution in [-0.2, 0) is 33.4 Å². The smallest absolute Gasteiger partial charge is 0.254 e. The molecule has 0 N–H and O–H groups in total. The number of hydrogen-bond donors (Lipinski definition) is 0. The first-order valence-electron chi connectivity index (χ1n) is 13.6. The highest BCUT2D eigenvalue weighted by atomic mass is 32.2. The van der Waals surface area contributed by atoms with Crippen LogP contribution in [0.15, 0.2) is 59.9 Å². The zero-order valence-electron chi connectivity index (χ0n) is 23.5. The lowest BCUT2D eigenvalue weighted by molar-refractivity contribution is 0.0319. The molecule has 0 bridgehead atoms. The van der Waals surface area contributed by atoms with Gasteiger partial charge in [0.15, 0.2) is 0 Å². The molecular formula is C30H40N4O4S. The van der Waals surface area contributed by atoms with Gasteiger partial charge in [-0.25, -0.2) is 13.4 Å². The van der Waals surface area contributed by atoms with Crippen LogP contribution >= 0.6 is 0 Å². The Morgan fingerprint density at radius 2 is 1.74 bits per heavy atom. The van der Waals surface area contributed by atoms with Gasteiger partial charge in [0.2, 0.25) is 15.0 Å². The lowest BCUT2D eigenvalue weighted by atomic mass is 10.1. The van der Waals surface area contributed by atoms with Crippen LogP contribution in [0.3, 0.4) is 0 Å². The Kier molecular flexibility index (Phi) is 9.58. The number of aromatic nitrogens is 2. The molecule has 1 amide bonds. The zero-order valence-corrected chi connectivity index (χ0v) is 24.3. The highest BCUT2D eigenvalue weighted by Gasteiger charge is 2.27. The largest absolute Gasteiger partial charge is 0.379 e. The van der Waals surface area contributed by atoms with Crippen molar-refractivity contribution in [1.29, 1.82) is 0 Å². The number of morpholine rings is 1. The monoisotopic (exact) mass is 552 g/mol. The lowest BCUT2D eigenvalue weighted by Gasteiger charge is -2.30. The van der Waals surface area contributed by atoms with Crippen LogP contribution in [0.1, 0.15) is 46.6 Å². The first kappa shape index (κ1) is 29.0. The molecule has 0 saturated carbocycles. The number of benzene rings is 2. The number of imidazole rings is 1. The van der Waals surface area contributed by atoms with Gasteiger partial charge in [0.05, 0.1) is 37.4 Å². The van der Waals surface area contributed by atoms with Crippen LogP contribution in [0.5, 0.6) is 0 Å². The van der Waals surface area contributed by atoms with Gasteiger partial charge < -0.3 is 14.2 Å². The minimum Gasteiger partial charge on any atom is -0.379 e. The van der Waals surface area contributed by atoms with Gasteiger partial charge in [-0.3, -0.25) is 9.69 Å². The van der Waals surface area contributed by atoms with Gasteiger partial charge in [0.1, 0.15) is 0 Å². The summed E-state index contributed by atoms with van der Waals surface area (Å²) in [5, 5.41) is 0.0605. The van der Waals surface area contributed by atoms with Gasteiger partial charge >= 0.3 is 0 Å². The number of nitrogens with zero attached hydrogens (tertiary/aromatic N) is 4. The molecule has 0 unspecified atom stereocenters. The van der Waals surface area contributed by atoms with E-state index in [4.69, 9.17) is 4.74 Å². The maximum Gasteiger partial charge on any atom is 0.254 e. The fraction of sp³-hybridized carbons (Fsp3) is 0.467. The van der Waals surface area contributed by atoms with Crippen molar-refractivity contribution in [2.24, 2.45) is 5.92 Å². The molecule has 1 saturated heterocycles. The summed E-state index contributed by atoms with van der Waals surface area (Å²) in [6.45, 7) is 13.1. The quantitative estimate of drug-likeness (QED) is 0.356. The molecule has 1 fully saturated rings. The first-order valence-corrected chi connectivity index (χ1v) is 15.3. The van der Waals surface area contributed by atoms with E-state index in [1.54, 1.807) is 10.8 Å². The summed E-state index contributed by atoms with van der Waals surface area (Å²) in [7, 11) is -3.71. The number of ether oxygens (including phenoxy) is 1. The SMILES string of the molecule is Cc1ccc(C(=O)N(CCN2CCOCC2)Cc2cnc(S(=O)(=O)Cc3ccccc3C)n2CC(C)C)cc1. The normalized spacial score (nSPS) is 14.6. The maximum atomic E-state index is 13.7. The van der Waals surface area contributed by atoms with Gasteiger partial charge in [-0.15, -0.1) is 0 Å². The molecule has 0 radical (unpaired) electrons. The summed E-state index contributed by atoms with van der Waals surface area (Å²) in [6, 6.07) is 15.1. The summed E-state index contributed by atoms with van der Waals surface area (Å²) in [5.41, 5.74) is 4.12. The summed E-state index contributed by atoms with van der Waals surface area (Å²) < 4.78 is 34.5. The predicted octanol–water partition coefficient (Wildman–Crippen LogP) is 4.10. The number of carbonyl (C=O) groups excluding carboxylic acids is 1. The standard InChI is InChI=1S/C30H40N4O4S/c1-23(2)20-34-28(19-31-30(34)39(36,37)22-27-8-6-5-7-25(27)4)21-33(14-13-32-15-17-38-18-16-32)29(35)26-11-9-24(3)10-12-26/h5-12,19,23H,13-18,20-22H2,1-4H3. The Balaban J connectivity index is 1.64. The van der Waals surface area contributed by atoms with Crippen LogP contribution in [0.2, 0.25) is 0 Å². The zero-order chi connectivity index (χ0) is 28.0. The van der Waals surface area contributed by atoms with Crippen molar-refractivity contribution >= 4 is 15.7 Å². The summed E-state index contributed by atoms with van der Waals surface area (Å²) in [6.07, 6.45) is 1.62. The molecule has 0 aliphatic carbocycles. The first-order chi connectivity index (χ1) is 18.6. The van der Waals surface area contributed by atoms with Crippen molar-refractivity contribution in [3.8, 4) is 0 Å². The minimum absolute atomic E-state index is 0.0605. The second-order valence-electron chi connectivity index (χ2n) is 10.8. The van der Waals surface area contributed by atoms with Crippen molar-refractivity contribution < 1.29 is 17.9 Å². The van der Waals surface area contributed by atoms with Crippen molar-refractivity contribution in [2.75, 3.05) is 39.4 Å². The van der Waals surface area contributed by atoms with Crippen LogP contribution in [0, 0.1) is 19.8 Å². The molecule has 210 valence electrons. The van der Waals surface area contributed by atoms with Crippen LogP contribution in [0.4, 0.5) is 0 Å². The van der Waals surface area contributed by atoms with Crippen molar-refractivity contribution in [3.63, 3.8) is 0 Å².